The normalized spacial score (nSPS) is 10.8. The molecule has 0 saturated heterocycles. The Hall–Kier alpha value is -3.25. The summed E-state index contributed by atoms with van der Waals surface area (Å²) in [6.07, 6.45) is 4.44. The molecule has 0 spiro atoms. The van der Waals surface area contributed by atoms with Crippen LogP contribution in [0.25, 0.3) is 0 Å². The van der Waals surface area contributed by atoms with Crippen molar-refractivity contribution in [2.24, 2.45) is 0 Å². The van der Waals surface area contributed by atoms with Crippen LogP contribution in [0.3, 0.4) is 0 Å². The van der Waals surface area contributed by atoms with E-state index in [2.05, 4.69) is 34.5 Å². The van der Waals surface area contributed by atoms with Crippen molar-refractivity contribution in [3.63, 3.8) is 0 Å². The number of aromatic nitrogens is 3. The zero-order chi connectivity index (χ0) is 19.3. The number of amides is 1. The third-order valence-electron chi connectivity index (χ3n) is 4.46. The lowest BCUT2D eigenvalue weighted by Crippen LogP contribution is -2.13. The van der Waals surface area contributed by atoms with E-state index < -0.39 is 0 Å². The number of thiazole rings is 1. The lowest BCUT2D eigenvalue weighted by Gasteiger charge is -2.02. The van der Waals surface area contributed by atoms with Crippen LogP contribution >= 0.6 is 11.3 Å². The number of nitrogens with zero attached hydrogens (tertiary/aromatic N) is 3. The first-order chi connectivity index (χ1) is 13.7. The number of hydrogen-bond acceptors (Lipinski definition) is 4. The Kier molecular flexibility index (Phi) is 5.30. The first-order valence-corrected chi connectivity index (χ1v) is 9.87. The molecule has 4 aromatic rings. The molecule has 1 N–H and O–H groups in total. The number of rotatable bonds is 6. The lowest BCUT2D eigenvalue weighted by atomic mass is 10.1. The first kappa shape index (κ1) is 18.1. The largest absolute Gasteiger partial charge is 0.296 e. The summed E-state index contributed by atoms with van der Waals surface area (Å²) >= 11 is 1.49. The highest BCUT2D eigenvalue weighted by atomic mass is 32.1. The lowest BCUT2D eigenvalue weighted by molar-refractivity contribution is 0.102. The SMILES string of the molecule is Cc1ccccc1Cc1cnc(NC(=O)c2ccn(Cc3ccccc3)n2)s1. The van der Waals surface area contributed by atoms with Gasteiger partial charge in [0.15, 0.2) is 10.8 Å². The van der Waals surface area contributed by atoms with E-state index in [4.69, 9.17) is 0 Å². The minimum absolute atomic E-state index is 0.247. The molecule has 2 heterocycles. The Morgan fingerprint density at radius 3 is 2.68 bits per heavy atom. The minimum Gasteiger partial charge on any atom is -0.296 e. The van der Waals surface area contributed by atoms with Gasteiger partial charge in [0.05, 0.1) is 6.54 Å². The highest BCUT2D eigenvalue weighted by Crippen LogP contribution is 2.23. The Morgan fingerprint density at radius 1 is 1.07 bits per heavy atom. The maximum atomic E-state index is 12.5. The molecule has 2 aromatic heterocycles. The maximum absolute atomic E-state index is 12.5. The third-order valence-corrected chi connectivity index (χ3v) is 5.37. The highest BCUT2D eigenvalue weighted by molar-refractivity contribution is 7.15. The van der Waals surface area contributed by atoms with Gasteiger partial charge in [-0.1, -0.05) is 54.6 Å². The zero-order valence-electron chi connectivity index (χ0n) is 15.5. The molecular formula is C22H20N4OS. The van der Waals surface area contributed by atoms with Gasteiger partial charge >= 0.3 is 0 Å². The fourth-order valence-corrected chi connectivity index (χ4v) is 3.78. The van der Waals surface area contributed by atoms with Crippen molar-refractivity contribution in [1.29, 1.82) is 0 Å². The minimum atomic E-state index is -0.247. The van der Waals surface area contributed by atoms with Crippen molar-refractivity contribution in [1.82, 2.24) is 14.8 Å². The molecule has 0 aliphatic rings. The summed E-state index contributed by atoms with van der Waals surface area (Å²) in [5.74, 6) is -0.247. The Labute approximate surface area is 167 Å². The second-order valence-electron chi connectivity index (χ2n) is 6.57. The smallest absolute Gasteiger partial charge is 0.277 e. The predicted octanol–water partition coefficient (Wildman–Crippen LogP) is 4.54. The number of nitrogens with one attached hydrogen (secondary N) is 1. The molecule has 0 radical (unpaired) electrons. The zero-order valence-corrected chi connectivity index (χ0v) is 16.3. The summed E-state index contributed by atoms with van der Waals surface area (Å²) in [7, 11) is 0. The van der Waals surface area contributed by atoms with Gasteiger partial charge in [-0.3, -0.25) is 14.8 Å². The molecule has 2 aromatic carbocycles. The van der Waals surface area contributed by atoms with Gasteiger partial charge < -0.3 is 0 Å². The number of anilines is 1. The molecule has 0 bridgehead atoms. The molecule has 0 atom stereocenters. The van der Waals surface area contributed by atoms with Crippen molar-refractivity contribution in [2.75, 3.05) is 5.32 Å². The second kappa shape index (κ2) is 8.19. The summed E-state index contributed by atoms with van der Waals surface area (Å²) in [5, 5.41) is 7.81. The van der Waals surface area contributed by atoms with Crippen molar-refractivity contribution < 1.29 is 4.79 Å². The fraction of sp³-hybridized carbons (Fsp3) is 0.136. The van der Waals surface area contributed by atoms with E-state index >= 15 is 0 Å². The summed E-state index contributed by atoms with van der Waals surface area (Å²) in [6, 6.07) is 20.0. The van der Waals surface area contributed by atoms with E-state index in [0.29, 0.717) is 17.4 Å². The molecule has 0 saturated carbocycles. The van der Waals surface area contributed by atoms with Gasteiger partial charge in [-0.05, 0) is 29.7 Å². The Bertz CT molecular complexity index is 1080. The van der Waals surface area contributed by atoms with Crippen LogP contribution in [-0.4, -0.2) is 20.7 Å². The fourth-order valence-electron chi connectivity index (χ4n) is 2.95. The molecule has 28 heavy (non-hydrogen) atoms. The molecule has 1 amide bonds. The Balaban J connectivity index is 1.39. The maximum Gasteiger partial charge on any atom is 0.277 e. The van der Waals surface area contributed by atoms with Gasteiger partial charge in [0.2, 0.25) is 0 Å². The van der Waals surface area contributed by atoms with Crippen LogP contribution in [0.4, 0.5) is 5.13 Å². The quantitative estimate of drug-likeness (QED) is 0.527. The monoisotopic (exact) mass is 388 g/mol. The molecule has 5 nitrogen and oxygen atoms in total. The van der Waals surface area contributed by atoms with Gasteiger partial charge in [0.1, 0.15) is 0 Å². The first-order valence-electron chi connectivity index (χ1n) is 9.05. The van der Waals surface area contributed by atoms with Gasteiger partial charge in [-0.25, -0.2) is 4.98 Å². The number of carbonyl (C=O) groups is 1. The van der Waals surface area contributed by atoms with Crippen molar-refractivity contribution in [3.05, 3.63) is 100 Å². The van der Waals surface area contributed by atoms with E-state index in [1.807, 2.05) is 54.9 Å². The van der Waals surface area contributed by atoms with Crippen LogP contribution in [-0.2, 0) is 13.0 Å². The van der Waals surface area contributed by atoms with Crippen LogP contribution in [0.15, 0.2) is 73.1 Å². The van der Waals surface area contributed by atoms with Gasteiger partial charge in [-0.15, -0.1) is 11.3 Å². The van der Waals surface area contributed by atoms with Crippen LogP contribution < -0.4 is 5.32 Å². The van der Waals surface area contributed by atoms with Gasteiger partial charge in [0.25, 0.3) is 5.91 Å². The van der Waals surface area contributed by atoms with Crippen LogP contribution in [0.5, 0.6) is 0 Å². The molecule has 0 aliphatic heterocycles. The van der Waals surface area contributed by atoms with Crippen LogP contribution in [0.2, 0.25) is 0 Å². The number of aryl methyl sites for hydroxylation is 1. The van der Waals surface area contributed by atoms with Crippen LogP contribution in [0, 0.1) is 6.92 Å². The number of carbonyl (C=O) groups excluding carboxylic acids is 1. The average Bonchev–Trinajstić information content (AvgIpc) is 3.34. The number of hydrogen-bond donors (Lipinski definition) is 1. The summed E-state index contributed by atoms with van der Waals surface area (Å²) in [4.78, 5) is 17.9. The van der Waals surface area contributed by atoms with Crippen molar-refractivity contribution >= 4 is 22.4 Å². The highest BCUT2D eigenvalue weighted by Gasteiger charge is 2.13. The predicted molar refractivity (Wildman–Crippen MR) is 112 cm³/mol. The topological polar surface area (TPSA) is 59.8 Å². The Morgan fingerprint density at radius 2 is 1.86 bits per heavy atom. The van der Waals surface area contributed by atoms with E-state index in [0.717, 1.165) is 16.9 Å². The summed E-state index contributed by atoms with van der Waals surface area (Å²) in [5.41, 5.74) is 4.04. The second-order valence-corrected chi connectivity index (χ2v) is 7.69. The van der Waals surface area contributed by atoms with E-state index in [-0.39, 0.29) is 5.91 Å². The standard InChI is InChI=1S/C22H20N4OS/c1-16-7-5-6-10-18(16)13-19-14-23-22(28-19)24-21(27)20-11-12-26(25-20)15-17-8-3-2-4-9-17/h2-12,14H,13,15H2,1H3,(H,23,24,27). The van der Waals surface area contributed by atoms with Gasteiger partial charge in [0, 0.05) is 23.7 Å². The number of benzene rings is 2. The molecule has 0 fully saturated rings. The van der Waals surface area contributed by atoms with E-state index in [9.17, 15) is 4.79 Å². The molecule has 6 heteroatoms. The van der Waals surface area contributed by atoms with Crippen molar-refractivity contribution in [3.8, 4) is 0 Å². The molecule has 4 rings (SSSR count). The molecule has 0 unspecified atom stereocenters. The summed E-state index contributed by atoms with van der Waals surface area (Å²) < 4.78 is 1.76. The van der Waals surface area contributed by atoms with Crippen LogP contribution in [0.1, 0.15) is 32.1 Å². The van der Waals surface area contributed by atoms with Crippen molar-refractivity contribution in [2.45, 2.75) is 19.9 Å². The van der Waals surface area contributed by atoms with Gasteiger partial charge in [-0.2, -0.15) is 5.10 Å². The molecular weight excluding hydrogens is 368 g/mol. The van der Waals surface area contributed by atoms with E-state index in [1.165, 1.54) is 22.5 Å². The average molecular weight is 388 g/mol. The third kappa shape index (κ3) is 4.35. The molecule has 140 valence electrons. The summed E-state index contributed by atoms with van der Waals surface area (Å²) in [6.45, 7) is 2.73. The molecule has 0 aliphatic carbocycles. The van der Waals surface area contributed by atoms with E-state index in [1.54, 1.807) is 10.7 Å².